The average molecular weight is 325 g/mol. The molecular formula is C19H23N3O2. The van der Waals surface area contributed by atoms with Crippen molar-refractivity contribution in [1.29, 1.82) is 0 Å². The largest absolute Gasteiger partial charge is 0.365 e. The van der Waals surface area contributed by atoms with Gasteiger partial charge in [-0.15, -0.1) is 0 Å². The number of para-hydroxylation sites is 1. The quantitative estimate of drug-likeness (QED) is 0.883. The van der Waals surface area contributed by atoms with Crippen molar-refractivity contribution in [3.05, 3.63) is 45.7 Å². The van der Waals surface area contributed by atoms with Crippen LogP contribution < -0.4 is 16.9 Å². The van der Waals surface area contributed by atoms with Crippen molar-refractivity contribution in [1.82, 2.24) is 4.57 Å². The lowest BCUT2D eigenvalue weighted by molar-refractivity contribution is 0.0999. The fourth-order valence-corrected chi connectivity index (χ4v) is 4.93. The molecule has 0 spiro atoms. The van der Waals surface area contributed by atoms with E-state index in [9.17, 15) is 9.59 Å². The minimum atomic E-state index is -0.676. The maximum Gasteiger partial charge on any atom is 0.254 e. The second-order valence-electron chi connectivity index (χ2n) is 7.43. The van der Waals surface area contributed by atoms with Crippen LogP contribution in [0.2, 0.25) is 0 Å². The first kappa shape index (κ1) is 15.4. The summed E-state index contributed by atoms with van der Waals surface area (Å²) in [5.74, 6) is 0.928. The van der Waals surface area contributed by atoms with Gasteiger partial charge in [-0.3, -0.25) is 9.59 Å². The monoisotopic (exact) mass is 325 g/mol. The Morgan fingerprint density at radius 2 is 1.88 bits per heavy atom. The van der Waals surface area contributed by atoms with E-state index in [1.165, 1.54) is 18.4 Å². The molecule has 2 fully saturated rings. The Balaban J connectivity index is 1.87. The van der Waals surface area contributed by atoms with E-state index in [-0.39, 0.29) is 11.0 Å². The summed E-state index contributed by atoms with van der Waals surface area (Å²) in [6, 6.07) is 6.16. The normalized spacial score (nSPS) is 29.1. The number of carbonyl (C=O) groups excluding carboxylic acids is 1. The van der Waals surface area contributed by atoms with Crippen LogP contribution in [0, 0.1) is 11.8 Å². The molecule has 2 aliphatic carbocycles. The molecular weight excluding hydrogens is 302 g/mol. The van der Waals surface area contributed by atoms with E-state index in [1.807, 2.05) is 17.7 Å². The van der Waals surface area contributed by atoms with E-state index in [0.29, 0.717) is 29.2 Å². The molecule has 2 bridgehead atoms. The highest BCUT2D eigenvalue weighted by molar-refractivity contribution is 5.96. The van der Waals surface area contributed by atoms with Crippen LogP contribution in [0.25, 0.3) is 10.9 Å². The van der Waals surface area contributed by atoms with Crippen molar-refractivity contribution in [2.75, 3.05) is 0 Å². The lowest BCUT2D eigenvalue weighted by Crippen LogP contribution is -2.37. The number of amides is 1. The van der Waals surface area contributed by atoms with Gasteiger partial charge >= 0.3 is 0 Å². The van der Waals surface area contributed by atoms with Gasteiger partial charge < -0.3 is 16.0 Å². The van der Waals surface area contributed by atoms with E-state index in [4.69, 9.17) is 11.5 Å². The van der Waals surface area contributed by atoms with Crippen LogP contribution in [0.5, 0.6) is 0 Å². The number of primary amides is 1. The van der Waals surface area contributed by atoms with E-state index in [1.54, 1.807) is 12.3 Å². The number of benzene rings is 1. The molecule has 1 heterocycles. The highest BCUT2D eigenvalue weighted by Crippen LogP contribution is 2.48. The van der Waals surface area contributed by atoms with Gasteiger partial charge in [0.15, 0.2) is 0 Å². The van der Waals surface area contributed by atoms with Crippen molar-refractivity contribution >= 4 is 16.8 Å². The molecule has 24 heavy (non-hydrogen) atoms. The Morgan fingerprint density at radius 1 is 1.21 bits per heavy atom. The lowest BCUT2D eigenvalue weighted by Gasteiger charge is -2.34. The first-order valence-electron chi connectivity index (χ1n) is 8.65. The van der Waals surface area contributed by atoms with Gasteiger partial charge in [-0.1, -0.05) is 12.1 Å². The fraction of sp³-hybridized carbons (Fsp3) is 0.474. The molecule has 2 atom stereocenters. The van der Waals surface area contributed by atoms with Gasteiger partial charge in [-0.2, -0.15) is 0 Å². The minimum absolute atomic E-state index is 0.0490. The molecule has 2 saturated carbocycles. The summed E-state index contributed by atoms with van der Waals surface area (Å²) in [5.41, 5.74) is 13.6. The van der Waals surface area contributed by atoms with Gasteiger partial charge in [0.2, 0.25) is 5.43 Å². The van der Waals surface area contributed by atoms with E-state index in [2.05, 4.69) is 6.07 Å². The number of rotatable bonds is 2. The van der Waals surface area contributed by atoms with Crippen LogP contribution in [0.15, 0.2) is 29.2 Å². The van der Waals surface area contributed by atoms with Gasteiger partial charge in [0.1, 0.15) is 5.56 Å². The molecule has 0 saturated heterocycles. The maximum atomic E-state index is 12.6. The summed E-state index contributed by atoms with van der Waals surface area (Å²) >= 11 is 0. The predicted octanol–water partition coefficient (Wildman–Crippen LogP) is 1.87. The molecule has 2 aliphatic rings. The zero-order chi connectivity index (χ0) is 17.0. The number of hydrogen-bond donors (Lipinski definition) is 2. The maximum absolute atomic E-state index is 12.6. The molecule has 1 aromatic heterocycles. The lowest BCUT2D eigenvalue weighted by atomic mass is 9.74. The zero-order valence-electron chi connectivity index (χ0n) is 13.9. The van der Waals surface area contributed by atoms with Crippen molar-refractivity contribution < 1.29 is 4.79 Å². The number of fused-ring (bicyclic) bond motifs is 3. The smallest absolute Gasteiger partial charge is 0.254 e. The Kier molecular flexibility index (Phi) is 3.49. The molecule has 4 N–H and O–H groups in total. The van der Waals surface area contributed by atoms with Crippen LogP contribution in [0.4, 0.5) is 0 Å². The molecule has 126 valence electrons. The summed E-state index contributed by atoms with van der Waals surface area (Å²) < 4.78 is 1.88. The second kappa shape index (κ2) is 5.45. The van der Waals surface area contributed by atoms with E-state index in [0.717, 1.165) is 18.4 Å². The van der Waals surface area contributed by atoms with Crippen LogP contribution >= 0.6 is 0 Å². The molecule has 2 unspecified atom stereocenters. The first-order valence-corrected chi connectivity index (χ1v) is 8.65. The number of hydrogen-bond acceptors (Lipinski definition) is 3. The standard InChI is InChI=1S/C19H23N3O2/c1-22-9-15(19(21)24)18(23)14-4-2-3-13(17(14)22)12-7-10-5-6-11(8-12)16(10)20/h2-4,9-12,16H,5-8,20H2,1H3,(H2,21,24). The van der Waals surface area contributed by atoms with Crippen molar-refractivity contribution in [3.8, 4) is 0 Å². The number of aryl methyl sites for hydroxylation is 1. The third-order valence-electron chi connectivity index (χ3n) is 6.11. The number of pyridine rings is 1. The van der Waals surface area contributed by atoms with Crippen LogP contribution in [0.3, 0.4) is 0 Å². The molecule has 0 radical (unpaired) electrons. The van der Waals surface area contributed by atoms with Crippen molar-refractivity contribution in [3.63, 3.8) is 0 Å². The first-order chi connectivity index (χ1) is 11.5. The summed E-state index contributed by atoms with van der Waals surface area (Å²) in [6.45, 7) is 0. The van der Waals surface area contributed by atoms with Crippen LogP contribution in [-0.2, 0) is 7.05 Å². The van der Waals surface area contributed by atoms with Gasteiger partial charge in [-0.25, -0.2) is 0 Å². The van der Waals surface area contributed by atoms with Gasteiger partial charge in [0.25, 0.3) is 5.91 Å². The van der Waals surface area contributed by atoms with E-state index >= 15 is 0 Å². The third-order valence-corrected chi connectivity index (χ3v) is 6.11. The molecule has 1 amide bonds. The molecule has 5 heteroatoms. The van der Waals surface area contributed by atoms with Gasteiger partial charge in [0.05, 0.1) is 5.52 Å². The molecule has 5 nitrogen and oxygen atoms in total. The van der Waals surface area contributed by atoms with Gasteiger partial charge in [-0.05, 0) is 55.1 Å². The average Bonchev–Trinajstić information content (AvgIpc) is 2.78. The molecule has 4 rings (SSSR count). The third kappa shape index (κ3) is 2.18. The predicted molar refractivity (Wildman–Crippen MR) is 93.9 cm³/mol. The number of nitrogens with two attached hydrogens (primary N) is 2. The van der Waals surface area contributed by atoms with Crippen molar-refractivity contribution in [2.45, 2.75) is 37.6 Å². The zero-order valence-corrected chi connectivity index (χ0v) is 13.9. The van der Waals surface area contributed by atoms with Crippen LogP contribution in [0.1, 0.15) is 47.5 Å². The summed E-state index contributed by atoms with van der Waals surface area (Å²) in [5, 5.41) is 0.577. The highest BCUT2D eigenvalue weighted by atomic mass is 16.2. The Morgan fingerprint density at radius 3 is 2.50 bits per heavy atom. The summed E-state index contributed by atoms with van der Waals surface area (Å²) in [6.07, 6.45) is 6.18. The second-order valence-corrected chi connectivity index (χ2v) is 7.43. The molecule has 2 aromatic rings. The number of carbonyl (C=O) groups is 1. The summed E-state index contributed by atoms with van der Waals surface area (Å²) in [7, 11) is 1.88. The molecule has 0 aliphatic heterocycles. The molecule has 1 aromatic carbocycles. The van der Waals surface area contributed by atoms with Gasteiger partial charge in [0, 0.05) is 24.7 Å². The topological polar surface area (TPSA) is 91.1 Å². The summed E-state index contributed by atoms with van der Waals surface area (Å²) in [4.78, 5) is 24.1. The van der Waals surface area contributed by atoms with Crippen LogP contribution in [-0.4, -0.2) is 16.5 Å². The Hall–Kier alpha value is -2.14. The SMILES string of the molecule is Cn1cc(C(N)=O)c(=O)c2cccc(C3CC4CCC(C3)C4N)c21. The number of aromatic nitrogens is 1. The fourth-order valence-electron chi connectivity index (χ4n) is 4.93. The number of nitrogens with zero attached hydrogens (tertiary/aromatic N) is 1. The Labute approximate surface area is 140 Å². The van der Waals surface area contributed by atoms with E-state index < -0.39 is 5.91 Å². The minimum Gasteiger partial charge on any atom is -0.365 e. The highest BCUT2D eigenvalue weighted by Gasteiger charge is 2.41. The Bertz CT molecular complexity index is 872. The van der Waals surface area contributed by atoms with Crippen molar-refractivity contribution in [2.24, 2.45) is 30.4 Å².